The number of hydrogen-bond acceptors (Lipinski definition) is 4. The van der Waals surface area contributed by atoms with Gasteiger partial charge in [-0.25, -0.2) is 0 Å². The summed E-state index contributed by atoms with van der Waals surface area (Å²) in [5, 5.41) is 7.49. The molecule has 0 aliphatic heterocycles. The Hall–Kier alpha value is -1.12. The fourth-order valence-corrected chi connectivity index (χ4v) is 2.94. The van der Waals surface area contributed by atoms with Crippen LogP contribution in [0.15, 0.2) is 6.20 Å². The highest BCUT2D eigenvalue weighted by Gasteiger charge is 2.21. The SMILES string of the molecule is Cc1nn(C)cc1NS(=O)(=O)N(C)CCCNC1CC1. The molecule has 0 atom stereocenters. The largest absolute Gasteiger partial charge is 0.314 e. The summed E-state index contributed by atoms with van der Waals surface area (Å²) in [6.45, 7) is 3.13. The van der Waals surface area contributed by atoms with Crippen LogP contribution in [-0.2, 0) is 17.3 Å². The monoisotopic (exact) mass is 301 g/mol. The van der Waals surface area contributed by atoms with Crippen molar-refractivity contribution in [2.45, 2.75) is 32.2 Å². The van der Waals surface area contributed by atoms with Crippen LogP contribution in [0.2, 0.25) is 0 Å². The van der Waals surface area contributed by atoms with E-state index in [0.717, 1.165) is 13.0 Å². The van der Waals surface area contributed by atoms with E-state index in [1.807, 2.05) is 0 Å². The maximum absolute atomic E-state index is 12.2. The van der Waals surface area contributed by atoms with E-state index in [1.54, 1.807) is 31.9 Å². The zero-order valence-electron chi connectivity index (χ0n) is 12.3. The first-order valence-electron chi connectivity index (χ1n) is 6.86. The van der Waals surface area contributed by atoms with Gasteiger partial charge in [-0.3, -0.25) is 9.40 Å². The van der Waals surface area contributed by atoms with Gasteiger partial charge in [-0.1, -0.05) is 0 Å². The summed E-state index contributed by atoms with van der Waals surface area (Å²) in [5.74, 6) is 0. The molecule has 1 heterocycles. The second kappa shape index (κ2) is 6.11. The highest BCUT2D eigenvalue weighted by molar-refractivity contribution is 7.90. The van der Waals surface area contributed by atoms with E-state index in [9.17, 15) is 8.42 Å². The third-order valence-corrected chi connectivity index (χ3v) is 4.80. The Labute approximate surface area is 120 Å². The van der Waals surface area contributed by atoms with Crippen molar-refractivity contribution in [3.8, 4) is 0 Å². The quantitative estimate of drug-likeness (QED) is 0.684. The van der Waals surface area contributed by atoms with Crippen molar-refractivity contribution in [1.82, 2.24) is 19.4 Å². The molecule has 1 aliphatic rings. The maximum atomic E-state index is 12.2. The molecule has 114 valence electrons. The van der Waals surface area contributed by atoms with Crippen LogP contribution in [-0.4, -0.2) is 48.7 Å². The van der Waals surface area contributed by atoms with Crippen molar-refractivity contribution in [2.75, 3.05) is 24.9 Å². The first-order chi connectivity index (χ1) is 9.38. The number of hydrogen-bond donors (Lipinski definition) is 2. The third kappa shape index (κ3) is 4.19. The topological polar surface area (TPSA) is 79.3 Å². The molecule has 0 amide bonds. The lowest BCUT2D eigenvalue weighted by Crippen LogP contribution is -2.34. The van der Waals surface area contributed by atoms with Gasteiger partial charge in [0, 0.05) is 32.9 Å². The molecule has 1 aliphatic carbocycles. The second-order valence-electron chi connectivity index (χ2n) is 5.31. The maximum Gasteiger partial charge on any atom is 0.301 e. The normalized spacial score (nSPS) is 15.8. The number of rotatable bonds is 8. The minimum absolute atomic E-state index is 0.494. The lowest BCUT2D eigenvalue weighted by molar-refractivity contribution is 0.458. The molecule has 8 heteroatoms. The van der Waals surface area contributed by atoms with E-state index in [0.29, 0.717) is 24.0 Å². The summed E-state index contributed by atoms with van der Waals surface area (Å²) in [6.07, 6.45) is 4.96. The van der Waals surface area contributed by atoms with Gasteiger partial charge in [-0.05, 0) is 32.7 Å². The Bertz CT molecular complexity index is 550. The Morgan fingerprint density at radius 3 is 2.75 bits per heavy atom. The van der Waals surface area contributed by atoms with Crippen LogP contribution < -0.4 is 10.0 Å². The average molecular weight is 301 g/mol. The molecule has 0 saturated heterocycles. The van der Waals surface area contributed by atoms with Gasteiger partial charge >= 0.3 is 10.2 Å². The summed E-state index contributed by atoms with van der Waals surface area (Å²) in [5.41, 5.74) is 1.19. The van der Waals surface area contributed by atoms with Crippen LogP contribution in [0.4, 0.5) is 5.69 Å². The van der Waals surface area contributed by atoms with Crippen molar-refractivity contribution in [2.24, 2.45) is 7.05 Å². The van der Waals surface area contributed by atoms with Gasteiger partial charge < -0.3 is 5.32 Å². The molecule has 20 heavy (non-hydrogen) atoms. The molecule has 0 spiro atoms. The van der Waals surface area contributed by atoms with E-state index < -0.39 is 10.2 Å². The zero-order valence-corrected chi connectivity index (χ0v) is 13.1. The van der Waals surface area contributed by atoms with Crippen LogP contribution >= 0.6 is 0 Å². The van der Waals surface area contributed by atoms with Crippen molar-refractivity contribution in [3.05, 3.63) is 11.9 Å². The summed E-state index contributed by atoms with van der Waals surface area (Å²) in [4.78, 5) is 0. The van der Waals surface area contributed by atoms with Gasteiger partial charge in [0.2, 0.25) is 0 Å². The Morgan fingerprint density at radius 2 is 2.20 bits per heavy atom. The molecule has 0 bridgehead atoms. The Morgan fingerprint density at radius 1 is 1.50 bits per heavy atom. The summed E-state index contributed by atoms with van der Waals surface area (Å²) >= 11 is 0. The van der Waals surface area contributed by atoms with Crippen molar-refractivity contribution >= 4 is 15.9 Å². The Kier molecular flexibility index (Phi) is 4.66. The number of nitrogens with one attached hydrogen (secondary N) is 2. The minimum atomic E-state index is -3.51. The fraction of sp³-hybridized carbons (Fsp3) is 0.750. The van der Waals surface area contributed by atoms with E-state index in [4.69, 9.17) is 0 Å². The second-order valence-corrected chi connectivity index (χ2v) is 7.09. The van der Waals surface area contributed by atoms with Gasteiger partial charge in [0.15, 0.2) is 0 Å². The van der Waals surface area contributed by atoms with Gasteiger partial charge in [0.25, 0.3) is 0 Å². The molecule has 7 nitrogen and oxygen atoms in total. The lowest BCUT2D eigenvalue weighted by Gasteiger charge is -2.18. The van der Waals surface area contributed by atoms with Crippen LogP contribution in [0.3, 0.4) is 0 Å². The predicted molar refractivity (Wildman–Crippen MR) is 78.8 cm³/mol. The number of aryl methyl sites for hydroxylation is 2. The van der Waals surface area contributed by atoms with E-state index >= 15 is 0 Å². The highest BCUT2D eigenvalue weighted by atomic mass is 32.2. The van der Waals surface area contributed by atoms with Gasteiger partial charge in [-0.2, -0.15) is 17.8 Å². The standard InChI is InChI=1S/C12H23N5O2S/c1-10-12(9-16(2)14-10)15-20(18,19)17(3)8-4-7-13-11-5-6-11/h9,11,13,15H,4-8H2,1-3H3. The van der Waals surface area contributed by atoms with Gasteiger partial charge in [0.1, 0.15) is 0 Å². The van der Waals surface area contributed by atoms with Gasteiger partial charge in [-0.15, -0.1) is 0 Å². The number of nitrogens with zero attached hydrogens (tertiary/aromatic N) is 3. The minimum Gasteiger partial charge on any atom is -0.314 e. The van der Waals surface area contributed by atoms with Crippen LogP contribution in [0.25, 0.3) is 0 Å². The lowest BCUT2D eigenvalue weighted by atomic mass is 10.4. The first-order valence-corrected chi connectivity index (χ1v) is 8.30. The van der Waals surface area contributed by atoms with E-state index in [1.165, 1.54) is 17.1 Å². The molecule has 1 fully saturated rings. The summed E-state index contributed by atoms with van der Waals surface area (Å²) in [6, 6.07) is 0.660. The van der Waals surface area contributed by atoms with Crippen LogP contribution in [0.5, 0.6) is 0 Å². The number of anilines is 1. The molecule has 2 rings (SSSR count). The van der Waals surface area contributed by atoms with Crippen molar-refractivity contribution < 1.29 is 8.42 Å². The molecule has 0 unspecified atom stereocenters. The molecule has 0 aromatic carbocycles. The van der Waals surface area contributed by atoms with E-state index in [2.05, 4.69) is 15.1 Å². The summed E-state index contributed by atoms with van der Waals surface area (Å²) in [7, 11) is -0.155. The molecule has 1 aromatic rings. The molecule has 0 radical (unpaired) electrons. The van der Waals surface area contributed by atoms with Crippen molar-refractivity contribution in [1.29, 1.82) is 0 Å². The molecule has 2 N–H and O–H groups in total. The highest BCUT2D eigenvalue weighted by Crippen LogP contribution is 2.18. The predicted octanol–water partition coefficient (Wildman–Crippen LogP) is 0.459. The molecular formula is C12H23N5O2S. The van der Waals surface area contributed by atoms with E-state index in [-0.39, 0.29) is 0 Å². The molecular weight excluding hydrogens is 278 g/mol. The fourth-order valence-electron chi connectivity index (χ4n) is 1.93. The smallest absolute Gasteiger partial charge is 0.301 e. The molecule has 1 saturated carbocycles. The van der Waals surface area contributed by atoms with Crippen molar-refractivity contribution in [3.63, 3.8) is 0 Å². The summed E-state index contributed by atoms with van der Waals surface area (Å²) < 4.78 is 29.8. The zero-order chi connectivity index (χ0) is 14.8. The van der Waals surface area contributed by atoms with Gasteiger partial charge in [0.05, 0.1) is 11.4 Å². The molecule has 1 aromatic heterocycles. The average Bonchev–Trinajstić information content (AvgIpc) is 3.12. The third-order valence-electron chi connectivity index (χ3n) is 3.32. The van der Waals surface area contributed by atoms with Crippen LogP contribution in [0.1, 0.15) is 25.0 Å². The first kappa shape index (κ1) is 15.3. The number of aromatic nitrogens is 2. The Balaban J connectivity index is 1.83. The van der Waals surface area contributed by atoms with Crippen LogP contribution in [0, 0.1) is 6.92 Å².